The van der Waals surface area contributed by atoms with Crippen molar-refractivity contribution in [3.8, 4) is 0 Å². The monoisotopic (exact) mass is 226 g/mol. The molecule has 0 aromatic carbocycles. The van der Waals surface area contributed by atoms with Gasteiger partial charge < -0.3 is 10.6 Å². The van der Waals surface area contributed by atoms with Crippen molar-refractivity contribution in [1.29, 1.82) is 0 Å². The topological polar surface area (TPSA) is 49.8 Å². The molecule has 1 aromatic heterocycles. The van der Waals surface area contributed by atoms with Gasteiger partial charge in [-0.05, 0) is 44.0 Å². The molecule has 1 saturated heterocycles. The first-order valence-corrected chi connectivity index (χ1v) is 5.66. The number of rotatable bonds is 3. The summed E-state index contributed by atoms with van der Waals surface area (Å²) in [5.41, 5.74) is 0. The van der Waals surface area contributed by atoms with Crippen LogP contribution in [-0.2, 0) is 0 Å². The van der Waals surface area contributed by atoms with Crippen LogP contribution in [0.2, 0.25) is 5.15 Å². The first-order chi connectivity index (χ1) is 7.34. The number of aromatic nitrogens is 2. The Morgan fingerprint density at radius 1 is 1.47 bits per heavy atom. The quantitative estimate of drug-likeness (QED) is 0.821. The molecule has 0 radical (unpaired) electrons. The molecule has 1 aliphatic heterocycles. The maximum Gasteiger partial charge on any atom is 0.151 e. The second-order valence-corrected chi connectivity index (χ2v) is 4.22. The van der Waals surface area contributed by atoms with Crippen molar-refractivity contribution in [2.75, 3.05) is 25.0 Å². The van der Waals surface area contributed by atoms with E-state index in [0.717, 1.165) is 25.5 Å². The summed E-state index contributed by atoms with van der Waals surface area (Å²) in [4.78, 5) is 0. The highest BCUT2D eigenvalue weighted by molar-refractivity contribution is 6.29. The lowest BCUT2D eigenvalue weighted by molar-refractivity contribution is 0.392. The van der Waals surface area contributed by atoms with E-state index in [9.17, 15) is 0 Å². The summed E-state index contributed by atoms with van der Waals surface area (Å²) >= 11 is 5.65. The molecule has 0 amide bonds. The van der Waals surface area contributed by atoms with Crippen molar-refractivity contribution in [3.63, 3.8) is 0 Å². The Morgan fingerprint density at radius 3 is 3.07 bits per heavy atom. The third-order valence-corrected chi connectivity index (χ3v) is 2.80. The van der Waals surface area contributed by atoms with Gasteiger partial charge in [-0.2, -0.15) is 0 Å². The highest BCUT2D eigenvalue weighted by atomic mass is 35.5. The first-order valence-electron chi connectivity index (χ1n) is 5.28. The highest BCUT2D eigenvalue weighted by Crippen LogP contribution is 2.11. The van der Waals surface area contributed by atoms with Gasteiger partial charge in [0.2, 0.25) is 0 Å². The fraction of sp³-hybridized carbons (Fsp3) is 0.600. The van der Waals surface area contributed by atoms with Crippen molar-refractivity contribution >= 4 is 17.4 Å². The molecular weight excluding hydrogens is 212 g/mol. The van der Waals surface area contributed by atoms with Crippen LogP contribution in [0, 0.1) is 5.92 Å². The van der Waals surface area contributed by atoms with Gasteiger partial charge in [0.25, 0.3) is 0 Å². The van der Waals surface area contributed by atoms with E-state index in [2.05, 4.69) is 20.8 Å². The second-order valence-electron chi connectivity index (χ2n) is 3.83. The van der Waals surface area contributed by atoms with Gasteiger partial charge in [0.1, 0.15) is 5.82 Å². The summed E-state index contributed by atoms with van der Waals surface area (Å²) in [7, 11) is 0. The largest absolute Gasteiger partial charge is 0.368 e. The predicted octanol–water partition coefficient (Wildman–Crippen LogP) is 1.54. The standard InChI is InChI=1S/C10H15ClN4/c11-9-3-4-10(15-14-9)13-7-8-2-1-5-12-6-8/h3-4,8,12H,1-2,5-7H2,(H,13,15)/t8-/m0/s1. The molecule has 0 unspecified atom stereocenters. The molecule has 2 N–H and O–H groups in total. The number of halogens is 1. The van der Waals surface area contributed by atoms with Gasteiger partial charge in [-0.15, -0.1) is 10.2 Å². The smallest absolute Gasteiger partial charge is 0.151 e. The Bertz CT molecular complexity index is 295. The molecule has 2 rings (SSSR count). The van der Waals surface area contributed by atoms with Crippen LogP contribution in [0.15, 0.2) is 12.1 Å². The fourth-order valence-corrected chi connectivity index (χ4v) is 1.86. The van der Waals surface area contributed by atoms with E-state index in [-0.39, 0.29) is 0 Å². The Balaban J connectivity index is 1.79. The van der Waals surface area contributed by atoms with Crippen molar-refractivity contribution in [3.05, 3.63) is 17.3 Å². The summed E-state index contributed by atoms with van der Waals surface area (Å²) in [6.07, 6.45) is 2.54. The van der Waals surface area contributed by atoms with E-state index >= 15 is 0 Å². The zero-order valence-electron chi connectivity index (χ0n) is 8.54. The van der Waals surface area contributed by atoms with Crippen LogP contribution in [-0.4, -0.2) is 29.8 Å². The van der Waals surface area contributed by atoms with E-state index in [1.165, 1.54) is 12.8 Å². The molecule has 1 atom stereocenters. The van der Waals surface area contributed by atoms with Gasteiger partial charge in [0, 0.05) is 6.54 Å². The second kappa shape index (κ2) is 5.28. The molecule has 0 spiro atoms. The van der Waals surface area contributed by atoms with Crippen LogP contribution in [0.3, 0.4) is 0 Å². The summed E-state index contributed by atoms with van der Waals surface area (Å²) < 4.78 is 0. The van der Waals surface area contributed by atoms with E-state index in [0.29, 0.717) is 11.1 Å². The minimum absolute atomic E-state index is 0.430. The fourth-order valence-electron chi connectivity index (χ4n) is 1.76. The molecule has 0 saturated carbocycles. The van der Waals surface area contributed by atoms with Gasteiger partial charge in [-0.25, -0.2) is 0 Å². The van der Waals surface area contributed by atoms with E-state index in [1.54, 1.807) is 6.07 Å². The zero-order valence-corrected chi connectivity index (χ0v) is 9.30. The van der Waals surface area contributed by atoms with Crippen LogP contribution in [0.25, 0.3) is 0 Å². The molecule has 2 heterocycles. The molecule has 0 bridgehead atoms. The lowest BCUT2D eigenvalue weighted by Gasteiger charge is -2.22. The maximum absolute atomic E-state index is 5.65. The Hall–Kier alpha value is -0.870. The van der Waals surface area contributed by atoms with E-state index < -0.39 is 0 Å². The maximum atomic E-state index is 5.65. The van der Waals surface area contributed by atoms with Gasteiger partial charge in [-0.1, -0.05) is 11.6 Å². The van der Waals surface area contributed by atoms with Crippen LogP contribution in [0.1, 0.15) is 12.8 Å². The molecular formula is C10H15ClN4. The number of anilines is 1. The van der Waals surface area contributed by atoms with Gasteiger partial charge in [-0.3, -0.25) is 0 Å². The molecule has 1 fully saturated rings. The third kappa shape index (κ3) is 3.32. The summed E-state index contributed by atoms with van der Waals surface area (Å²) in [5.74, 6) is 1.49. The summed E-state index contributed by atoms with van der Waals surface area (Å²) in [6.45, 7) is 3.19. The summed E-state index contributed by atoms with van der Waals surface area (Å²) in [5, 5.41) is 14.8. The number of hydrogen-bond donors (Lipinski definition) is 2. The van der Waals surface area contributed by atoms with E-state index in [1.807, 2.05) is 6.07 Å². The summed E-state index contributed by atoms with van der Waals surface area (Å²) in [6, 6.07) is 3.60. The Labute approximate surface area is 94.4 Å². The van der Waals surface area contributed by atoms with Crippen molar-refractivity contribution < 1.29 is 0 Å². The third-order valence-electron chi connectivity index (χ3n) is 2.60. The zero-order chi connectivity index (χ0) is 10.5. The first kappa shape index (κ1) is 10.6. The Morgan fingerprint density at radius 2 is 2.40 bits per heavy atom. The van der Waals surface area contributed by atoms with Crippen LogP contribution >= 0.6 is 11.6 Å². The number of nitrogens with one attached hydrogen (secondary N) is 2. The SMILES string of the molecule is Clc1ccc(NC[C@H]2CCCNC2)nn1. The minimum atomic E-state index is 0.430. The normalized spacial score (nSPS) is 21.3. The highest BCUT2D eigenvalue weighted by Gasteiger charge is 2.12. The van der Waals surface area contributed by atoms with Crippen molar-refractivity contribution in [1.82, 2.24) is 15.5 Å². The minimum Gasteiger partial charge on any atom is -0.368 e. The van der Waals surface area contributed by atoms with Gasteiger partial charge in [0.15, 0.2) is 5.15 Å². The number of piperidine rings is 1. The van der Waals surface area contributed by atoms with Crippen LogP contribution in [0.4, 0.5) is 5.82 Å². The van der Waals surface area contributed by atoms with E-state index in [4.69, 9.17) is 11.6 Å². The van der Waals surface area contributed by atoms with Crippen molar-refractivity contribution in [2.45, 2.75) is 12.8 Å². The number of hydrogen-bond acceptors (Lipinski definition) is 4. The average Bonchev–Trinajstić information content (AvgIpc) is 2.30. The molecule has 1 aliphatic rings. The van der Waals surface area contributed by atoms with Gasteiger partial charge in [0.05, 0.1) is 0 Å². The lowest BCUT2D eigenvalue weighted by atomic mass is 10.00. The molecule has 82 valence electrons. The molecule has 15 heavy (non-hydrogen) atoms. The van der Waals surface area contributed by atoms with Gasteiger partial charge >= 0.3 is 0 Å². The van der Waals surface area contributed by atoms with Crippen LogP contribution < -0.4 is 10.6 Å². The lowest BCUT2D eigenvalue weighted by Crippen LogP contribution is -2.33. The number of nitrogens with zero attached hydrogens (tertiary/aromatic N) is 2. The predicted molar refractivity (Wildman–Crippen MR) is 61.1 cm³/mol. The molecule has 4 nitrogen and oxygen atoms in total. The molecule has 5 heteroatoms. The molecule has 1 aromatic rings. The average molecular weight is 227 g/mol. The van der Waals surface area contributed by atoms with Crippen molar-refractivity contribution in [2.24, 2.45) is 5.92 Å². The Kier molecular flexibility index (Phi) is 3.75. The van der Waals surface area contributed by atoms with Crippen LogP contribution in [0.5, 0.6) is 0 Å². The molecule has 0 aliphatic carbocycles.